The van der Waals surface area contributed by atoms with E-state index in [9.17, 15) is 14.4 Å². The minimum atomic E-state index is -0.467. The van der Waals surface area contributed by atoms with E-state index in [1.54, 1.807) is 0 Å². The molecule has 0 heterocycles. The number of carbonyl (C=O) groups is 3. The molecule has 0 unspecified atom stereocenters. The maximum atomic E-state index is 12.9. The predicted octanol–water partition coefficient (Wildman–Crippen LogP) is 4.20. The Hall–Kier alpha value is -1.19. The van der Waals surface area contributed by atoms with Gasteiger partial charge in [-0.1, -0.05) is 27.2 Å². The summed E-state index contributed by atoms with van der Waals surface area (Å²) in [5.74, 6) is 0.780. The van der Waals surface area contributed by atoms with Crippen LogP contribution in [0.3, 0.4) is 0 Å². The highest BCUT2D eigenvalue weighted by atomic mass is 16.5. The van der Waals surface area contributed by atoms with Gasteiger partial charge in [-0.15, -0.1) is 0 Å². The van der Waals surface area contributed by atoms with Crippen LogP contribution in [-0.2, 0) is 19.1 Å². The predicted molar refractivity (Wildman–Crippen MR) is 99.4 cm³/mol. The minimum absolute atomic E-state index is 0.0248. The zero-order valence-corrected chi connectivity index (χ0v) is 17.0. The standard InChI is InChI=1S/C22H34O4/c1-13(2)19(24)14-11-16-15(17(23)12-14)7-8-18-21(16,3)9-6-10-22(18,4)20(25)26-5/h13-16,18H,6-12H2,1-5H3/t14-,15-,16+,18-,21-,22-/m1/s1. The van der Waals surface area contributed by atoms with Crippen molar-refractivity contribution in [1.29, 1.82) is 0 Å². The van der Waals surface area contributed by atoms with E-state index >= 15 is 0 Å². The molecular weight excluding hydrogens is 328 g/mol. The largest absolute Gasteiger partial charge is 0.469 e. The molecule has 3 rings (SSSR count). The average molecular weight is 363 g/mol. The summed E-state index contributed by atoms with van der Waals surface area (Å²) in [5, 5.41) is 0. The first-order valence-corrected chi connectivity index (χ1v) is 10.3. The van der Waals surface area contributed by atoms with Gasteiger partial charge in [0, 0.05) is 24.2 Å². The van der Waals surface area contributed by atoms with Gasteiger partial charge >= 0.3 is 5.97 Å². The normalized spacial score (nSPS) is 42.8. The number of methoxy groups -OCH3 is 1. The van der Waals surface area contributed by atoms with Gasteiger partial charge in [-0.2, -0.15) is 0 Å². The van der Waals surface area contributed by atoms with Crippen molar-refractivity contribution >= 4 is 17.5 Å². The maximum Gasteiger partial charge on any atom is 0.311 e. The number of fused-ring (bicyclic) bond motifs is 3. The van der Waals surface area contributed by atoms with Crippen molar-refractivity contribution in [3.05, 3.63) is 0 Å². The van der Waals surface area contributed by atoms with Crippen LogP contribution in [0.2, 0.25) is 0 Å². The zero-order chi connectivity index (χ0) is 19.3. The van der Waals surface area contributed by atoms with Crippen LogP contribution in [0.4, 0.5) is 0 Å². The molecule has 0 saturated heterocycles. The van der Waals surface area contributed by atoms with Gasteiger partial charge < -0.3 is 4.74 Å². The highest BCUT2D eigenvalue weighted by Gasteiger charge is 2.61. The lowest BCUT2D eigenvalue weighted by molar-refractivity contribution is -0.178. The molecule has 3 saturated carbocycles. The average Bonchev–Trinajstić information content (AvgIpc) is 2.60. The summed E-state index contributed by atoms with van der Waals surface area (Å²) in [6, 6.07) is 0. The molecule has 0 spiro atoms. The van der Waals surface area contributed by atoms with E-state index in [4.69, 9.17) is 4.74 Å². The lowest BCUT2D eigenvalue weighted by Gasteiger charge is -2.60. The number of Topliss-reactive ketones (excluding diaryl/α,β-unsaturated/α-hetero) is 2. The molecule has 3 aliphatic rings. The lowest BCUT2D eigenvalue weighted by atomic mass is 9.43. The van der Waals surface area contributed by atoms with Crippen LogP contribution < -0.4 is 0 Å². The van der Waals surface area contributed by atoms with Crippen LogP contribution in [0.1, 0.15) is 72.6 Å². The number of esters is 1. The topological polar surface area (TPSA) is 60.4 Å². The fourth-order valence-electron chi connectivity index (χ4n) is 6.78. The van der Waals surface area contributed by atoms with E-state index < -0.39 is 5.41 Å². The zero-order valence-electron chi connectivity index (χ0n) is 17.0. The van der Waals surface area contributed by atoms with Crippen molar-refractivity contribution < 1.29 is 19.1 Å². The van der Waals surface area contributed by atoms with Crippen molar-refractivity contribution in [2.45, 2.75) is 72.6 Å². The van der Waals surface area contributed by atoms with E-state index in [-0.39, 0.29) is 52.5 Å². The minimum Gasteiger partial charge on any atom is -0.469 e. The third-order valence-corrected chi connectivity index (χ3v) is 8.10. The Kier molecular flexibility index (Phi) is 5.09. The molecule has 0 radical (unpaired) electrons. The molecular formula is C22H34O4. The van der Waals surface area contributed by atoms with E-state index in [2.05, 4.69) is 13.8 Å². The summed E-state index contributed by atoms with van der Waals surface area (Å²) in [6.07, 6.45) is 5.90. The third-order valence-electron chi connectivity index (χ3n) is 8.10. The number of carbonyl (C=O) groups excluding carboxylic acids is 3. The number of ether oxygens (including phenoxy) is 1. The molecule has 3 fully saturated rings. The Labute approximate surface area is 157 Å². The SMILES string of the molecule is COC(=O)[C@]1(C)CCC[C@@]2(C)[C@H]1CC[C@H]1C(=O)C[C@H](C(=O)C(C)C)C[C@@H]12. The number of hydrogen-bond acceptors (Lipinski definition) is 4. The van der Waals surface area contributed by atoms with Gasteiger partial charge in [0.1, 0.15) is 11.6 Å². The fraction of sp³-hybridized carbons (Fsp3) is 0.864. The van der Waals surface area contributed by atoms with Crippen LogP contribution in [0, 0.1) is 40.4 Å². The number of ketones is 2. The first-order valence-electron chi connectivity index (χ1n) is 10.3. The number of hydrogen-bond donors (Lipinski definition) is 0. The lowest BCUT2D eigenvalue weighted by Crippen LogP contribution is -2.58. The summed E-state index contributed by atoms with van der Waals surface area (Å²) >= 11 is 0. The van der Waals surface area contributed by atoms with Crippen LogP contribution in [0.15, 0.2) is 0 Å². The first kappa shape index (κ1) is 19.6. The highest BCUT2D eigenvalue weighted by Crippen LogP contribution is 2.64. The molecule has 6 atom stereocenters. The van der Waals surface area contributed by atoms with E-state index in [0.29, 0.717) is 6.42 Å². The van der Waals surface area contributed by atoms with Crippen molar-refractivity contribution in [1.82, 2.24) is 0 Å². The van der Waals surface area contributed by atoms with Crippen LogP contribution in [0.25, 0.3) is 0 Å². The number of rotatable bonds is 3. The van der Waals surface area contributed by atoms with Crippen molar-refractivity contribution in [2.75, 3.05) is 7.11 Å². The third kappa shape index (κ3) is 2.84. The second-order valence-corrected chi connectivity index (χ2v) is 9.77. The molecule has 146 valence electrons. The molecule has 0 amide bonds. The van der Waals surface area contributed by atoms with Crippen molar-refractivity contribution in [3.8, 4) is 0 Å². The molecule has 3 aliphatic carbocycles. The Morgan fingerprint density at radius 2 is 1.85 bits per heavy atom. The molecule has 0 N–H and O–H groups in total. The van der Waals surface area contributed by atoms with Gasteiger partial charge in [-0.3, -0.25) is 14.4 Å². The van der Waals surface area contributed by atoms with Gasteiger partial charge in [0.2, 0.25) is 0 Å². The van der Waals surface area contributed by atoms with Gasteiger partial charge in [-0.05, 0) is 56.3 Å². The summed E-state index contributed by atoms with van der Waals surface area (Å²) in [7, 11) is 1.48. The van der Waals surface area contributed by atoms with E-state index in [0.717, 1.165) is 38.5 Å². The van der Waals surface area contributed by atoms with Crippen molar-refractivity contribution in [2.24, 2.45) is 40.4 Å². The fourth-order valence-corrected chi connectivity index (χ4v) is 6.78. The second-order valence-electron chi connectivity index (χ2n) is 9.77. The van der Waals surface area contributed by atoms with Crippen molar-refractivity contribution in [3.63, 3.8) is 0 Å². The molecule has 0 aliphatic heterocycles. The summed E-state index contributed by atoms with van der Waals surface area (Å²) < 4.78 is 5.17. The van der Waals surface area contributed by atoms with E-state index in [1.165, 1.54) is 7.11 Å². The summed E-state index contributed by atoms with van der Waals surface area (Å²) in [5.41, 5.74) is -0.527. The molecule has 4 nitrogen and oxygen atoms in total. The van der Waals surface area contributed by atoms with Gasteiger partial charge in [0.15, 0.2) is 0 Å². The monoisotopic (exact) mass is 362 g/mol. The Bertz CT molecular complexity index is 609. The second kappa shape index (κ2) is 6.76. The van der Waals surface area contributed by atoms with Crippen LogP contribution >= 0.6 is 0 Å². The van der Waals surface area contributed by atoms with Crippen LogP contribution in [0.5, 0.6) is 0 Å². The maximum absolute atomic E-state index is 12.9. The van der Waals surface area contributed by atoms with Gasteiger partial charge in [-0.25, -0.2) is 0 Å². The molecule has 0 aromatic carbocycles. The van der Waals surface area contributed by atoms with E-state index in [1.807, 2.05) is 13.8 Å². The van der Waals surface area contributed by atoms with Crippen LogP contribution in [-0.4, -0.2) is 24.6 Å². The molecule has 0 aromatic heterocycles. The van der Waals surface area contributed by atoms with Gasteiger partial charge in [0.25, 0.3) is 0 Å². The highest BCUT2D eigenvalue weighted by molar-refractivity contribution is 5.91. The Morgan fingerprint density at radius 3 is 2.46 bits per heavy atom. The quantitative estimate of drug-likeness (QED) is 0.706. The summed E-state index contributed by atoms with van der Waals surface area (Å²) in [6.45, 7) is 8.20. The molecule has 26 heavy (non-hydrogen) atoms. The van der Waals surface area contributed by atoms with Gasteiger partial charge in [0.05, 0.1) is 12.5 Å². The molecule has 4 heteroatoms. The first-order chi connectivity index (χ1) is 12.1. The Morgan fingerprint density at radius 1 is 1.15 bits per heavy atom. The Balaban J connectivity index is 1.94. The molecule has 0 aromatic rings. The smallest absolute Gasteiger partial charge is 0.311 e. The summed E-state index contributed by atoms with van der Waals surface area (Å²) in [4.78, 5) is 38.2. The molecule has 0 bridgehead atoms.